The first kappa shape index (κ1) is 22.2. The van der Waals surface area contributed by atoms with Crippen LogP contribution in [0.3, 0.4) is 0 Å². The van der Waals surface area contributed by atoms with Crippen molar-refractivity contribution in [3.63, 3.8) is 0 Å². The lowest BCUT2D eigenvalue weighted by molar-refractivity contribution is 0.0977. The third-order valence-electron chi connectivity index (χ3n) is 4.77. The summed E-state index contributed by atoms with van der Waals surface area (Å²) >= 11 is 0. The number of aromatic hydroxyl groups is 1. The summed E-state index contributed by atoms with van der Waals surface area (Å²) in [5.74, 6) is 0.561. The molecule has 0 saturated heterocycles. The Balaban J connectivity index is 2.03. The number of Topliss-reactive ketones (excluding diaryl/α,β-unsaturated/α-hetero) is 2. The Hall–Kier alpha value is -3.13. The van der Waals surface area contributed by atoms with Gasteiger partial charge in [0.1, 0.15) is 18.1 Å². The van der Waals surface area contributed by atoms with Crippen LogP contribution < -0.4 is 4.74 Å². The van der Waals surface area contributed by atoms with E-state index >= 15 is 0 Å². The largest absolute Gasteiger partial charge is 0.507 e. The van der Waals surface area contributed by atoms with E-state index in [1.807, 2.05) is 13.0 Å². The van der Waals surface area contributed by atoms with Gasteiger partial charge in [-0.25, -0.2) is 0 Å². The second-order valence-corrected chi connectivity index (χ2v) is 7.01. The smallest absolute Gasteiger partial charge is 0.163 e. The summed E-state index contributed by atoms with van der Waals surface area (Å²) in [6.07, 6.45) is 3.86. The minimum Gasteiger partial charge on any atom is -0.507 e. The zero-order valence-corrected chi connectivity index (χ0v) is 17.0. The maximum Gasteiger partial charge on any atom is 0.163 e. The number of carbonyl (C=O) groups excluding carboxylic acids is 2. The van der Waals surface area contributed by atoms with Crippen LogP contribution in [0.25, 0.3) is 0 Å². The van der Waals surface area contributed by atoms with Gasteiger partial charge in [-0.05, 0) is 62.1 Å². The summed E-state index contributed by atoms with van der Waals surface area (Å²) in [4.78, 5) is 23.8. The number of carbonyl (C=O) groups is 2. The second-order valence-electron chi connectivity index (χ2n) is 7.01. The fourth-order valence-corrected chi connectivity index (χ4v) is 3.16. The van der Waals surface area contributed by atoms with E-state index in [2.05, 4.69) is 6.07 Å². The lowest BCUT2D eigenvalue weighted by Crippen LogP contribution is -2.04. The van der Waals surface area contributed by atoms with E-state index in [0.29, 0.717) is 42.6 Å². The minimum absolute atomic E-state index is 0.0396. The van der Waals surface area contributed by atoms with Crippen LogP contribution in [0.5, 0.6) is 11.5 Å². The molecule has 0 radical (unpaired) electrons. The first-order chi connectivity index (χ1) is 14.0. The van der Waals surface area contributed by atoms with Gasteiger partial charge in [-0.15, -0.1) is 0 Å². The van der Waals surface area contributed by atoms with E-state index in [1.54, 1.807) is 30.3 Å². The van der Waals surface area contributed by atoms with Gasteiger partial charge in [-0.1, -0.05) is 19.4 Å². The first-order valence-corrected chi connectivity index (χ1v) is 9.95. The predicted octanol–water partition coefficient (Wildman–Crippen LogP) is 5.39. The molecule has 0 aliphatic heterocycles. The molecule has 5 heteroatoms. The fraction of sp³-hybridized carbons (Fsp3) is 0.375. The number of rotatable bonds is 11. The molecule has 2 aromatic rings. The summed E-state index contributed by atoms with van der Waals surface area (Å²) in [6, 6.07) is 12.5. The average molecular weight is 393 g/mol. The van der Waals surface area contributed by atoms with Crippen molar-refractivity contribution in [2.45, 2.75) is 59.0 Å². The summed E-state index contributed by atoms with van der Waals surface area (Å²) in [5, 5.41) is 19.0. The van der Waals surface area contributed by atoms with Gasteiger partial charge in [0.15, 0.2) is 11.6 Å². The van der Waals surface area contributed by atoms with Crippen molar-refractivity contribution in [2.24, 2.45) is 0 Å². The standard InChI is InChI=1S/C24H27NO4/c1-3-7-22-19(11-14-21(17(2)26)24(22)28)16-29-20-12-9-18(10-13-20)23(27)8-5-4-6-15-25/h9-14,28H,3-8,16H2,1-2H3. The molecular formula is C24H27NO4. The molecule has 0 saturated carbocycles. The second kappa shape index (κ2) is 11.0. The highest BCUT2D eigenvalue weighted by Crippen LogP contribution is 2.29. The molecule has 0 bridgehead atoms. The normalized spacial score (nSPS) is 10.4. The molecule has 2 aromatic carbocycles. The lowest BCUT2D eigenvalue weighted by Gasteiger charge is -2.14. The van der Waals surface area contributed by atoms with E-state index in [0.717, 1.165) is 24.0 Å². The number of nitrogens with zero attached hydrogens (tertiary/aromatic N) is 1. The number of phenolic OH excluding ortho intramolecular Hbond substituents is 1. The molecule has 0 aliphatic carbocycles. The van der Waals surface area contributed by atoms with Gasteiger partial charge in [-0.2, -0.15) is 5.26 Å². The summed E-state index contributed by atoms with van der Waals surface area (Å²) in [7, 11) is 0. The molecule has 0 spiro atoms. The van der Waals surface area contributed by atoms with Gasteiger partial charge >= 0.3 is 0 Å². The molecule has 0 amide bonds. The minimum atomic E-state index is -0.166. The van der Waals surface area contributed by atoms with Crippen LogP contribution in [0, 0.1) is 11.3 Å². The lowest BCUT2D eigenvalue weighted by atomic mass is 9.97. The van der Waals surface area contributed by atoms with Crippen LogP contribution >= 0.6 is 0 Å². The zero-order valence-electron chi connectivity index (χ0n) is 17.0. The van der Waals surface area contributed by atoms with Gasteiger partial charge < -0.3 is 9.84 Å². The summed E-state index contributed by atoms with van der Waals surface area (Å²) in [6.45, 7) is 3.72. The molecule has 0 aliphatic rings. The maximum absolute atomic E-state index is 12.2. The first-order valence-electron chi connectivity index (χ1n) is 9.95. The van der Waals surface area contributed by atoms with Crippen LogP contribution in [0.1, 0.15) is 77.8 Å². The van der Waals surface area contributed by atoms with E-state index < -0.39 is 0 Å². The highest BCUT2D eigenvalue weighted by atomic mass is 16.5. The quantitative estimate of drug-likeness (QED) is 0.408. The van der Waals surface area contributed by atoms with E-state index in [-0.39, 0.29) is 23.9 Å². The average Bonchev–Trinajstić information content (AvgIpc) is 2.71. The van der Waals surface area contributed by atoms with Crippen molar-refractivity contribution in [1.82, 2.24) is 0 Å². The number of ketones is 2. The molecular weight excluding hydrogens is 366 g/mol. The Morgan fingerprint density at radius 2 is 1.83 bits per heavy atom. The molecule has 0 atom stereocenters. The van der Waals surface area contributed by atoms with Crippen molar-refractivity contribution >= 4 is 11.6 Å². The van der Waals surface area contributed by atoms with E-state index in [9.17, 15) is 14.7 Å². The van der Waals surface area contributed by atoms with Crippen molar-refractivity contribution in [3.8, 4) is 17.6 Å². The predicted molar refractivity (Wildman–Crippen MR) is 111 cm³/mol. The fourth-order valence-electron chi connectivity index (χ4n) is 3.16. The van der Waals surface area contributed by atoms with Crippen LogP contribution in [0.4, 0.5) is 0 Å². The van der Waals surface area contributed by atoms with Crippen LogP contribution in [0.2, 0.25) is 0 Å². The molecule has 2 rings (SSSR count). The third-order valence-corrected chi connectivity index (χ3v) is 4.77. The number of phenols is 1. The molecule has 0 aromatic heterocycles. The van der Waals surface area contributed by atoms with Crippen molar-refractivity contribution in [3.05, 3.63) is 58.7 Å². The van der Waals surface area contributed by atoms with E-state index in [4.69, 9.17) is 10.00 Å². The number of nitriles is 1. The molecule has 29 heavy (non-hydrogen) atoms. The van der Waals surface area contributed by atoms with Crippen LogP contribution in [0.15, 0.2) is 36.4 Å². The molecule has 0 fully saturated rings. The molecule has 1 N–H and O–H groups in total. The van der Waals surface area contributed by atoms with Gasteiger partial charge in [-0.3, -0.25) is 9.59 Å². The monoisotopic (exact) mass is 393 g/mol. The Kier molecular flexibility index (Phi) is 8.42. The van der Waals surface area contributed by atoms with Gasteiger partial charge in [0.25, 0.3) is 0 Å². The Morgan fingerprint density at radius 1 is 1.10 bits per heavy atom. The number of hydrogen-bond donors (Lipinski definition) is 1. The van der Waals surface area contributed by atoms with Crippen LogP contribution in [-0.2, 0) is 13.0 Å². The summed E-state index contributed by atoms with van der Waals surface area (Å²) < 4.78 is 5.84. The van der Waals surface area contributed by atoms with Gasteiger partial charge in [0.2, 0.25) is 0 Å². The van der Waals surface area contributed by atoms with Crippen molar-refractivity contribution in [1.29, 1.82) is 5.26 Å². The molecule has 152 valence electrons. The highest BCUT2D eigenvalue weighted by molar-refractivity contribution is 5.97. The number of ether oxygens (including phenoxy) is 1. The third kappa shape index (κ3) is 6.18. The molecule has 0 heterocycles. The molecule has 5 nitrogen and oxygen atoms in total. The van der Waals surface area contributed by atoms with Gasteiger partial charge in [0, 0.05) is 24.0 Å². The zero-order chi connectivity index (χ0) is 21.2. The van der Waals surface area contributed by atoms with Crippen molar-refractivity contribution < 1.29 is 19.4 Å². The number of hydrogen-bond acceptors (Lipinski definition) is 5. The molecule has 0 unspecified atom stereocenters. The van der Waals surface area contributed by atoms with Crippen LogP contribution in [-0.4, -0.2) is 16.7 Å². The maximum atomic E-state index is 12.2. The highest BCUT2D eigenvalue weighted by Gasteiger charge is 2.15. The number of benzene rings is 2. The Morgan fingerprint density at radius 3 is 2.45 bits per heavy atom. The Labute approximate surface area is 171 Å². The van der Waals surface area contributed by atoms with Gasteiger partial charge in [0.05, 0.1) is 11.6 Å². The Bertz CT molecular complexity index is 894. The summed E-state index contributed by atoms with van der Waals surface area (Å²) in [5.41, 5.74) is 2.54. The van der Waals surface area contributed by atoms with Crippen molar-refractivity contribution in [2.75, 3.05) is 0 Å². The number of unbranched alkanes of at least 4 members (excludes halogenated alkanes) is 2. The topological polar surface area (TPSA) is 87.4 Å². The van der Waals surface area contributed by atoms with E-state index in [1.165, 1.54) is 6.92 Å². The SMILES string of the molecule is CCCc1c(COc2ccc(C(=O)CCCCC#N)cc2)ccc(C(C)=O)c1O.